The van der Waals surface area contributed by atoms with E-state index in [2.05, 4.69) is 74.2 Å². The number of hydrogen-bond acceptors (Lipinski definition) is 7. The number of hydrogen-bond donors (Lipinski definition) is 1. The lowest BCUT2D eigenvalue weighted by atomic mass is 10.1. The van der Waals surface area contributed by atoms with E-state index in [1.54, 1.807) is 0 Å². The minimum absolute atomic E-state index is 0.119. The molecule has 244 valence electrons. The molecule has 3 heterocycles. The van der Waals surface area contributed by atoms with Crippen molar-refractivity contribution in [2.24, 2.45) is 0 Å². The summed E-state index contributed by atoms with van der Waals surface area (Å²) in [7, 11) is -1.93. The largest absolute Gasteiger partial charge is 0.598 e. The van der Waals surface area contributed by atoms with E-state index < -0.39 is 28.0 Å². The van der Waals surface area contributed by atoms with Crippen molar-refractivity contribution >= 4 is 53.2 Å². The van der Waals surface area contributed by atoms with E-state index in [-0.39, 0.29) is 5.04 Å². The second-order valence-electron chi connectivity index (χ2n) is 13.9. The number of aromatic nitrogens is 4. The van der Waals surface area contributed by atoms with Gasteiger partial charge in [0.2, 0.25) is 0 Å². The predicted octanol–water partition coefficient (Wildman–Crippen LogP) is 8.84. The van der Waals surface area contributed by atoms with Crippen molar-refractivity contribution in [3.05, 3.63) is 66.1 Å². The number of benzene rings is 1. The van der Waals surface area contributed by atoms with Crippen LogP contribution in [0.5, 0.6) is 5.75 Å². The SMILES string of the molecule is CCC[C@@](I)(N[S@+]([O-])C(C)(C)C)c1cccc(-c2cc(OCC)c3cnn(-c4cccc(CO[Si](C)(C)C(C)(C)C)n4)c3c2)n1. The number of halogens is 1. The molecule has 0 aliphatic carbocycles. The Bertz CT molecular complexity index is 1620. The lowest BCUT2D eigenvalue weighted by Gasteiger charge is -2.36. The van der Waals surface area contributed by atoms with E-state index in [1.807, 2.05) is 81.0 Å². The van der Waals surface area contributed by atoms with Gasteiger partial charge in [0.1, 0.15) is 10.5 Å². The van der Waals surface area contributed by atoms with Gasteiger partial charge in [0.05, 0.1) is 47.4 Å². The summed E-state index contributed by atoms with van der Waals surface area (Å²) in [6.07, 6.45) is 3.52. The fraction of sp³-hybridized carbons (Fsp3) is 0.500. The molecule has 0 amide bonds. The molecule has 45 heavy (non-hydrogen) atoms. The molecule has 4 aromatic rings. The number of fused-ring (bicyclic) bond motifs is 1. The zero-order valence-corrected chi connectivity index (χ0v) is 32.3. The Morgan fingerprint density at radius 1 is 1.00 bits per heavy atom. The van der Waals surface area contributed by atoms with Crippen LogP contribution in [0.3, 0.4) is 0 Å². The summed E-state index contributed by atoms with van der Waals surface area (Å²) in [4.78, 5) is 10.1. The van der Waals surface area contributed by atoms with Gasteiger partial charge in [-0.3, -0.25) is 0 Å². The van der Waals surface area contributed by atoms with Crippen molar-refractivity contribution in [1.29, 1.82) is 0 Å². The van der Waals surface area contributed by atoms with Crippen LogP contribution in [0.15, 0.2) is 54.7 Å². The minimum Gasteiger partial charge on any atom is -0.598 e. The molecule has 0 bridgehead atoms. The highest BCUT2D eigenvalue weighted by Gasteiger charge is 2.39. The summed E-state index contributed by atoms with van der Waals surface area (Å²) >= 11 is 1.12. The lowest BCUT2D eigenvalue weighted by Crippen LogP contribution is -2.48. The van der Waals surface area contributed by atoms with Gasteiger partial charge >= 0.3 is 0 Å². The summed E-state index contributed by atoms with van der Waals surface area (Å²) in [5.41, 5.74) is 4.28. The number of rotatable bonds is 12. The number of alkyl halides is 1. The first kappa shape index (κ1) is 35.8. The normalized spacial score (nSPS) is 14.8. The van der Waals surface area contributed by atoms with Crippen LogP contribution < -0.4 is 9.46 Å². The molecule has 2 atom stereocenters. The number of ether oxygens (including phenoxy) is 1. The minimum atomic E-state index is -1.93. The molecule has 0 aliphatic rings. The third-order valence-corrected chi connectivity index (χ3v) is 16.1. The summed E-state index contributed by atoms with van der Waals surface area (Å²) in [5, 5.41) is 5.77. The number of nitrogens with one attached hydrogen (secondary N) is 1. The molecular weight excluding hydrogens is 713 g/mol. The van der Waals surface area contributed by atoms with Crippen molar-refractivity contribution in [2.45, 2.75) is 101 Å². The Morgan fingerprint density at radius 3 is 2.36 bits per heavy atom. The average Bonchev–Trinajstić information content (AvgIpc) is 3.40. The van der Waals surface area contributed by atoms with E-state index in [0.29, 0.717) is 19.0 Å². The second kappa shape index (κ2) is 14.0. The zero-order valence-electron chi connectivity index (χ0n) is 28.3. The van der Waals surface area contributed by atoms with E-state index in [0.717, 1.165) is 52.1 Å². The average molecular weight is 762 g/mol. The molecular formula is C34H48IN5O3SSi. The van der Waals surface area contributed by atoms with E-state index in [4.69, 9.17) is 24.2 Å². The van der Waals surface area contributed by atoms with Gasteiger partial charge in [-0.25, -0.2) is 14.6 Å². The van der Waals surface area contributed by atoms with Gasteiger partial charge in [-0.15, -0.1) is 4.72 Å². The Kier molecular flexibility index (Phi) is 11.1. The summed E-state index contributed by atoms with van der Waals surface area (Å²) in [5.74, 6) is 1.45. The quantitative estimate of drug-likeness (QED) is 0.0507. The van der Waals surface area contributed by atoms with Crippen LogP contribution in [0.4, 0.5) is 0 Å². The molecule has 8 nitrogen and oxygen atoms in total. The first-order valence-corrected chi connectivity index (χ1v) is 20.7. The first-order valence-electron chi connectivity index (χ1n) is 15.6. The van der Waals surface area contributed by atoms with Crippen molar-refractivity contribution in [1.82, 2.24) is 24.5 Å². The van der Waals surface area contributed by atoms with Gasteiger partial charge in [0.15, 0.2) is 17.7 Å². The van der Waals surface area contributed by atoms with Crippen LogP contribution in [0.25, 0.3) is 28.0 Å². The van der Waals surface area contributed by atoms with Crippen molar-refractivity contribution in [3.8, 4) is 22.8 Å². The third-order valence-electron chi connectivity index (χ3n) is 8.20. The van der Waals surface area contributed by atoms with Crippen LogP contribution in [-0.2, 0) is 25.9 Å². The van der Waals surface area contributed by atoms with Gasteiger partial charge in [0, 0.05) is 16.9 Å². The van der Waals surface area contributed by atoms with Gasteiger partial charge in [-0.05, 0) is 111 Å². The maximum Gasteiger partial charge on any atom is 0.192 e. The molecule has 0 unspecified atom stereocenters. The zero-order chi connectivity index (χ0) is 33.2. The Morgan fingerprint density at radius 2 is 1.71 bits per heavy atom. The lowest BCUT2D eigenvalue weighted by molar-refractivity contribution is 0.272. The molecule has 1 N–H and O–H groups in total. The molecule has 0 spiro atoms. The Labute approximate surface area is 286 Å². The molecule has 0 aliphatic heterocycles. The van der Waals surface area contributed by atoms with Gasteiger partial charge in [0.25, 0.3) is 0 Å². The molecule has 4 rings (SSSR count). The summed E-state index contributed by atoms with van der Waals surface area (Å²) in [6.45, 7) is 22.2. The van der Waals surface area contributed by atoms with Crippen molar-refractivity contribution in [2.75, 3.05) is 6.61 Å². The topological polar surface area (TPSA) is 97.1 Å². The summed E-state index contributed by atoms with van der Waals surface area (Å²) in [6, 6.07) is 16.1. The monoisotopic (exact) mass is 761 g/mol. The predicted molar refractivity (Wildman–Crippen MR) is 197 cm³/mol. The first-order chi connectivity index (χ1) is 21.0. The maximum absolute atomic E-state index is 13.2. The van der Waals surface area contributed by atoms with Crippen LogP contribution in [0.1, 0.15) is 79.6 Å². The van der Waals surface area contributed by atoms with Crippen LogP contribution >= 0.6 is 22.6 Å². The van der Waals surface area contributed by atoms with Crippen molar-refractivity contribution in [3.63, 3.8) is 0 Å². The molecule has 1 aromatic carbocycles. The van der Waals surface area contributed by atoms with Gasteiger partial charge in [-0.2, -0.15) is 5.10 Å². The second-order valence-corrected chi connectivity index (χ2v) is 22.5. The van der Waals surface area contributed by atoms with Crippen LogP contribution in [-0.4, -0.2) is 44.0 Å². The number of pyridine rings is 2. The maximum atomic E-state index is 13.2. The van der Waals surface area contributed by atoms with Gasteiger partial charge in [-0.1, -0.05) is 46.2 Å². The highest BCUT2D eigenvalue weighted by atomic mass is 127. The van der Waals surface area contributed by atoms with E-state index in [1.165, 1.54) is 0 Å². The van der Waals surface area contributed by atoms with E-state index in [9.17, 15) is 4.55 Å². The van der Waals surface area contributed by atoms with E-state index >= 15 is 0 Å². The number of nitrogens with zero attached hydrogens (tertiary/aromatic N) is 4. The Balaban J connectivity index is 1.76. The molecule has 3 aromatic heterocycles. The van der Waals surface area contributed by atoms with Crippen LogP contribution in [0, 0.1) is 0 Å². The molecule has 0 saturated carbocycles. The summed E-state index contributed by atoms with van der Waals surface area (Å²) < 4.78 is 30.0. The standard InChI is InChI=1S/C34H48IN5O3SSi/c1-11-19-34(35,39-44(41)32(3,4)5)30-17-14-16-27(38-30)24-20-28-26(29(21-24)42-12-2)22-36-40(28)31-18-13-15-25(37-31)23-43-45(9,10)33(6,7)8/h13-18,20-22,39H,11-12,19,23H2,1-10H3/t34-,44-/m1/s1. The van der Waals surface area contributed by atoms with Crippen LogP contribution in [0.2, 0.25) is 18.1 Å². The Hall–Kier alpha value is -2.03. The third kappa shape index (κ3) is 8.28. The fourth-order valence-corrected chi connectivity index (χ4v) is 7.72. The highest BCUT2D eigenvalue weighted by molar-refractivity contribution is 14.1. The molecule has 11 heteroatoms. The van der Waals surface area contributed by atoms with Crippen molar-refractivity contribution < 1.29 is 13.7 Å². The molecule has 0 fully saturated rings. The highest BCUT2D eigenvalue weighted by Crippen LogP contribution is 2.39. The van der Waals surface area contributed by atoms with Gasteiger partial charge < -0.3 is 13.7 Å². The molecule has 0 saturated heterocycles. The molecule has 0 radical (unpaired) electrons. The fourth-order valence-electron chi connectivity index (χ4n) is 4.53. The smallest absolute Gasteiger partial charge is 0.192 e.